The molecule has 0 aliphatic rings. The van der Waals surface area contributed by atoms with Crippen LogP contribution in [0.25, 0.3) is 0 Å². The molecule has 2 rings (SSSR count). The number of aryl methyl sites for hydroxylation is 1. The normalized spacial score (nSPS) is 12.4. The van der Waals surface area contributed by atoms with Crippen LogP contribution in [0.2, 0.25) is 0 Å². The molecule has 0 aliphatic carbocycles. The highest BCUT2D eigenvalue weighted by Crippen LogP contribution is 2.15. The fraction of sp³-hybridized carbons (Fsp3) is 0.294. The van der Waals surface area contributed by atoms with Crippen molar-refractivity contribution in [2.45, 2.75) is 25.8 Å². The highest BCUT2D eigenvalue weighted by Gasteiger charge is 2.13. The average Bonchev–Trinajstić information content (AvgIpc) is 2.43. The molecule has 0 radical (unpaired) electrons. The van der Waals surface area contributed by atoms with Crippen LogP contribution < -0.4 is 5.32 Å². The molecule has 20 heavy (non-hydrogen) atoms. The Labute approximate surface area is 118 Å². The Hall–Kier alpha value is -1.74. The Morgan fingerprint density at radius 1 is 1.00 bits per heavy atom. The zero-order valence-electron chi connectivity index (χ0n) is 11.8. The summed E-state index contributed by atoms with van der Waals surface area (Å²) >= 11 is 0. The maximum absolute atomic E-state index is 13.7. The van der Waals surface area contributed by atoms with E-state index in [-0.39, 0.29) is 6.04 Å². The Kier molecular flexibility index (Phi) is 4.85. The zero-order valence-corrected chi connectivity index (χ0v) is 11.8. The van der Waals surface area contributed by atoms with Crippen molar-refractivity contribution in [1.29, 1.82) is 0 Å². The summed E-state index contributed by atoms with van der Waals surface area (Å²) in [5.74, 6) is -1.01. The first-order chi connectivity index (χ1) is 9.60. The van der Waals surface area contributed by atoms with Crippen LogP contribution in [0, 0.1) is 18.6 Å². The van der Waals surface area contributed by atoms with Crippen LogP contribution in [0.4, 0.5) is 8.78 Å². The van der Waals surface area contributed by atoms with Crippen LogP contribution in [-0.4, -0.2) is 13.1 Å². The maximum atomic E-state index is 13.7. The minimum Gasteiger partial charge on any atom is -0.316 e. The number of benzene rings is 2. The largest absolute Gasteiger partial charge is 0.316 e. The minimum absolute atomic E-state index is 0.121. The van der Waals surface area contributed by atoms with Crippen molar-refractivity contribution >= 4 is 0 Å². The van der Waals surface area contributed by atoms with Crippen molar-refractivity contribution in [3.63, 3.8) is 0 Å². The molecule has 0 spiro atoms. The van der Waals surface area contributed by atoms with E-state index < -0.39 is 11.6 Å². The Morgan fingerprint density at radius 2 is 1.70 bits per heavy atom. The molecule has 1 N–H and O–H groups in total. The van der Waals surface area contributed by atoms with Crippen molar-refractivity contribution in [3.8, 4) is 0 Å². The molecular weight excluding hydrogens is 256 g/mol. The van der Waals surface area contributed by atoms with E-state index in [1.165, 1.54) is 23.3 Å². The first kappa shape index (κ1) is 14.7. The minimum atomic E-state index is -0.536. The van der Waals surface area contributed by atoms with Gasteiger partial charge in [0.05, 0.1) is 0 Å². The quantitative estimate of drug-likeness (QED) is 0.878. The van der Waals surface area contributed by atoms with Gasteiger partial charge in [0, 0.05) is 12.1 Å². The maximum Gasteiger partial charge on any atom is 0.129 e. The van der Waals surface area contributed by atoms with Gasteiger partial charge < -0.3 is 5.32 Å². The SMILES string of the molecule is CNC(Cc1ccccc1C)Cc1ccc(F)cc1F. The standard InChI is InChI=1S/C17H19F2N/c1-12-5-3-4-6-13(12)9-16(20-2)10-14-7-8-15(18)11-17(14)19/h3-8,11,16,20H,9-10H2,1-2H3. The molecule has 1 unspecified atom stereocenters. The Morgan fingerprint density at radius 3 is 2.35 bits per heavy atom. The lowest BCUT2D eigenvalue weighted by molar-refractivity contribution is 0.524. The van der Waals surface area contributed by atoms with Crippen molar-refractivity contribution in [2.24, 2.45) is 0 Å². The molecule has 106 valence electrons. The molecule has 1 atom stereocenters. The Balaban J connectivity index is 2.11. The average molecular weight is 275 g/mol. The summed E-state index contributed by atoms with van der Waals surface area (Å²) in [4.78, 5) is 0. The summed E-state index contributed by atoms with van der Waals surface area (Å²) in [7, 11) is 1.87. The number of nitrogens with one attached hydrogen (secondary N) is 1. The van der Waals surface area contributed by atoms with E-state index in [0.717, 1.165) is 12.5 Å². The van der Waals surface area contributed by atoms with Gasteiger partial charge in [0.25, 0.3) is 0 Å². The monoisotopic (exact) mass is 275 g/mol. The third kappa shape index (κ3) is 3.64. The first-order valence-electron chi connectivity index (χ1n) is 6.76. The van der Waals surface area contributed by atoms with Crippen molar-refractivity contribution in [2.75, 3.05) is 7.05 Å². The number of hydrogen-bond acceptors (Lipinski definition) is 1. The van der Waals surface area contributed by atoms with E-state index >= 15 is 0 Å². The van der Waals surface area contributed by atoms with Crippen molar-refractivity contribution in [3.05, 3.63) is 70.8 Å². The molecule has 0 saturated heterocycles. The van der Waals surface area contributed by atoms with Crippen molar-refractivity contribution < 1.29 is 8.78 Å². The lowest BCUT2D eigenvalue weighted by Crippen LogP contribution is -2.30. The van der Waals surface area contributed by atoms with Crippen LogP contribution >= 0.6 is 0 Å². The van der Waals surface area contributed by atoms with Gasteiger partial charge in [-0.3, -0.25) is 0 Å². The van der Waals surface area contributed by atoms with Crippen LogP contribution in [0.3, 0.4) is 0 Å². The second-order valence-electron chi connectivity index (χ2n) is 5.06. The van der Waals surface area contributed by atoms with Crippen LogP contribution in [0.15, 0.2) is 42.5 Å². The highest BCUT2D eigenvalue weighted by atomic mass is 19.1. The van der Waals surface area contributed by atoms with Crippen LogP contribution in [0.1, 0.15) is 16.7 Å². The number of hydrogen-bond donors (Lipinski definition) is 1. The number of halogens is 2. The van der Waals surface area contributed by atoms with Gasteiger partial charge in [-0.15, -0.1) is 0 Å². The van der Waals surface area contributed by atoms with Crippen LogP contribution in [0.5, 0.6) is 0 Å². The molecule has 3 heteroatoms. The third-order valence-electron chi connectivity index (χ3n) is 3.62. The van der Waals surface area contributed by atoms with Gasteiger partial charge >= 0.3 is 0 Å². The van der Waals surface area contributed by atoms with Gasteiger partial charge in [0.1, 0.15) is 11.6 Å². The van der Waals surface area contributed by atoms with Gasteiger partial charge in [0.15, 0.2) is 0 Å². The third-order valence-corrected chi connectivity index (χ3v) is 3.62. The molecule has 0 fully saturated rings. The van der Waals surface area contributed by atoms with E-state index in [0.29, 0.717) is 12.0 Å². The molecule has 0 aliphatic heterocycles. The molecule has 1 nitrogen and oxygen atoms in total. The molecule has 0 bridgehead atoms. The van der Waals surface area contributed by atoms with E-state index in [1.807, 2.05) is 19.2 Å². The first-order valence-corrected chi connectivity index (χ1v) is 6.76. The van der Waals surface area contributed by atoms with E-state index in [4.69, 9.17) is 0 Å². The van der Waals surface area contributed by atoms with Gasteiger partial charge in [-0.2, -0.15) is 0 Å². The molecule has 0 saturated carbocycles. The molecule has 0 heterocycles. The number of likely N-dealkylation sites (N-methyl/N-ethyl adjacent to an activating group) is 1. The molecule has 0 aromatic heterocycles. The zero-order chi connectivity index (χ0) is 14.5. The number of rotatable bonds is 5. The lowest BCUT2D eigenvalue weighted by atomic mass is 9.96. The van der Waals surface area contributed by atoms with Gasteiger partial charge in [-0.1, -0.05) is 30.3 Å². The summed E-state index contributed by atoms with van der Waals surface area (Å²) in [5.41, 5.74) is 3.01. The fourth-order valence-electron chi connectivity index (χ4n) is 2.33. The fourth-order valence-corrected chi connectivity index (χ4v) is 2.33. The van der Waals surface area contributed by atoms with E-state index in [9.17, 15) is 8.78 Å². The topological polar surface area (TPSA) is 12.0 Å². The van der Waals surface area contributed by atoms with Gasteiger partial charge in [0.2, 0.25) is 0 Å². The van der Waals surface area contributed by atoms with E-state index in [2.05, 4.69) is 24.4 Å². The summed E-state index contributed by atoms with van der Waals surface area (Å²) in [6.45, 7) is 2.07. The second-order valence-corrected chi connectivity index (χ2v) is 5.06. The van der Waals surface area contributed by atoms with Gasteiger partial charge in [-0.05, 0) is 49.6 Å². The molecule has 0 amide bonds. The van der Waals surface area contributed by atoms with E-state index in [1.54, 1.807) is 0 Å². The molecular formula is C17H19F2N. The van der Waals surface area contributed by atoms with Crippen LogP contribution in [-0.2, 0) is 12.8 Å². The molecule has 2 aromatic rings. The second kappa shape index (κ2) is 6.62. The summed E-state index contributed by atoms with van der Waals surface area (Å²) < 4.78 is 26.6. The highest BCUT2D eigenvalue weighted by molar-refractivity contribution is 5.27. The lowest BCUT2D eigenvalue weighted by Gasteiger charge is -2.18. The predicted octanol–water partition coefficient (Wildman–Crippen LogP) is 3.65. The smallest absolute Gasteiger partial charge is 0.129 e. The van der Waals surface area contributed by atoms with Crippen molar-refractivity contribution in [1.82, 2.24) is 5.32 Å². The predicted molar refractivity (Wildman–Crippen MR) is 77.8 cm³/mol. The van der Waals surface area contributed by atoms with Gasteiger partial charge in [-0.25, -0.2) is 8.78 Å². The Bertz CT molecular complexity index is 581. The summed E-state index contributed by atoms with van der Waals surface area (Å²) in [5, 5.41) is 3.21. The summed E-state index contributed by atoms with van der Waals surface area (Å²) in [6, 6.07) is 12.1. The molecule has 2 aromatic carbocycles. The summed E-state index contributed by atoms with van der Waals surface area (Å²) in [6.07, 6.45) is 1.36.